The minimum atomic E-state index is 0.390. The molecule has 0 amide bonds. The maximum Gasteiger partial charge on any atom is 0.0547 e. The van der Waals surface area contributed by atoms with Crippen molar-refractivity contribution in [1.29, 1.82) is 0 Å². The predicted octanol–water partition coefficient (Wildman–Crippen LogP) is 2.41. The molecule has 0 radical (unpaired) electrons. The zero-order valence-electron chi connectivity index (χ0n) is 12.5. The first kappa shape index (κ1) is 13.8. The van der Waals surface area contributed by atoms with Gasteiger partial charge in [0.15, 0.2) is 0 Å². The third kappa shape index (κ3) is 3.50. The Bertz CT molecular complexity index is 278. The van der Waals surface area contributed by atoms with Crippen LogP contribution < -0.4 is 5.32 Å². The van der Waals surface area contributed by atoms with Gasteiger partial charge in [0.2, 0.25) is 0 Å². The van der Waals surface area contributed by atoms with Crippen molar-refractivity contribution in [3.05, 3.63) is 0 Å². The Hall–Kier alpha value is -0.120. The molecule has 0 aromatic carbocycles. The molecule has 3 heteroatoms. The van der Waals surface area contributed by atoms with Gasteiger partial charge in [-0.3, -0.25) is 4.90 Å². The van der Waals surface area contributed by atoms with E-state index in [1.165, 1.54) is 64.6 Å². The lowest BCUT2D eigenvalue weighted by atomic mass is 9.85. The van der Waals surface area contributed by atoms with Gasteiger partial charge < -0.3 is 10.1 Å². The molecule has 2 saturated carbocycles. The van der Waals surface area contributed by atoms with E-state index in [1.54, 1.807) is 0 Å². The summed E-state index contributed by atoms with van der Waals surface area (Å²) in [5.74, 6) is 0. The highest BCUT2D eigenvalue weighted by Gasteiger charge is 2.39. The molecule has 0 aromatic heterocycles. The number of hydrogen-bond donors (Lipinski definition) is 1. The lowest BCUT2D eigenvalue weighted by Gasteiger charge is -2.37. The summed E-state index contributed by atoms with van der Waals surface area (Å²) >= 11 is 0. The Balaban J connectivity index is 1.58. The van der Waals surface area contributed by atoms with E-state index in [9.17, 15) is 0 Å². The van der Waals surface area contributed by atoms with Crippen LogP contribution >= 0.6 is 0 Å². The van der Waals surface area contributed by atoms with Crippen molar-refractivity contribution in [2.45, 2.75) is 64.0 Å². The fourth-order valence-corrected chi connectivity index (χ4v) is 3.82. The smallest absolute Gasteiger partial charge is 0.0547 e. The Labute approximate surface area is 118 Å². The summed E-state index contributed by atoms with van der Waals surface area (Å²) in [4.78, 5) is 2.75. The van der Waals surface area contributed by atoms with Crippen LogP contribution in [0, 0.1) is 5.41 Å². The van der Waals surface area contributed by atoms with E-state index in [-0.39, 0.29) is 0 Å². The topological polar surface area (TPSA) is 24.5 Å². The van der Waals surface area contributed by atoms with Crippen LogP contribution in [0.1, 0.15) is 51.9 Å². The molecule has 3 rings (SSSR count). The molecule has 1 atom stereocenters. The molecule has 0 aromatic rings. The van der Waals surface area contributed by atoms with Crippen molar-refractivity contribution in [1.82, 2.24) is 10.2 Å². The lowest BCUT2D eigenvalue weighted by Crippen LogP contribution is -2.48. The van der Waals surface area contributed by atoms with Gasteiger partial charge in [0.25, 0.3) is 0 Å². The second kappa shape index (κ2) is 6.11. The molecule has 110 valence electrons. The summed E-state index contributed by atoms with van der Waals surface area (Å²) in [5.41, 5.74) is 0.390. The van der Waals surface area contributed by atoms with Crippen molar-refractivity contribution in [2.24, 2.45) is 5.41 Å². The maximum atomic E-state index is 5.75. The Morgan fingerprint density at radius 1 is 1.21 bits per heavy atom. The maximum absolute atomic E-state index is 5.75. The van der Waals surface area contributed by atoms with Gasteiger partial charge in [-0.05, 0) is 38.6 Å². The Morgan fingerprint density at radius 2 is 2.00 bits per heavy atom. The van der Waals surface area contributed by atoms with E-state index >= 15 is 0 Å². The molecule has 1 heterocycles. The number of rotatable bonds is 7. The normalized spacial score (nSPS) is 32.5. The van der Waals surface area contributed by atoms with Crippen LogP contribution in [0.4, 0.5) is 0 Å². The van der Waals surface area contributed by atoms with Gasteiger partial charge in [-0.15, -0.1) is 0 Å². The predicted molar refractivity (Wildman–Crippen MR) is 78.4 cm³/mol. The van der Waals surface area contributed by atoms with E-state index in [1.807, 2.05) is 0 Å². The van der Waals surface area contributed by atoms with Crippen molar-refractivity contribution in [3.63, 3.8) is 0 Å². The molecular formula is C16H30N2O. The van der Waals surface area contributed by atoms with Crippen LogP contribution in [-0.4, -0.2) is 49.8 Å². The summed E-state index contributed by atoms with van der Waals surface area (Å²) in [6.07, 6.45) is 9.72. The molecule has 1 aliphatic heterocycles. The van der Waals surface area contributed by atoms with E-state index < -0.39 is 0 Å². The molecule has 0 bridgehead atoms. The average molecular weight is 266 g/mol. The molecule has 1 N–H and O–H groups in total. The van der Waals surface area contributed by atoms with E-state index in [2.05, 4.69) is 17.1 Å². The van der Waals surface area contributed by atoms with Crippen molar-refractivity contribution in [3.8, 4) is 0 Å². The van der Waals surface area contributed by atoms with Gasteiger partial charge in [-0.1, -0.05) is 19.8 Å². The van der Waals surface area contributed by atoms with Crippen LogP contribution in [-0.2, 0) is 4.74 Å². The molecule has 19 heavy (non-hydrogen) atoms. The standard InChI is InChI=1S/C16H30N2O/c1-2-18(15-5-3-4-6-15)12-16(9-10-19-13-16)11-17-14-7-8-14/h14-15,17H,2-13H2,1H3. The van der Waals surface area contributed by atoms with Crippen LogP contribution in [0.25, 0.3) is 0 Å². The highest BCUT2D eigenvalue weighted by atomic mass is 16.5. The minimum Gasteiger partial charge on any atom is -0.381 e. The summed E-state index contributed by atoms with van der Waals surface area (Å²) in [6.45, 7) is 7.88. The van der Waals surface area contributed by atoms with Gasteiger partial charge in [-0.2, -0.15) is 0 Å². The van der Waals surface area contributed by atoms with Gasteiger partial charge in [0.05, 0.1) is 6.61 Å². The Morgan fingerprint density at radius 3 is 2.58 bits per heavy atom. The first-order valence-electron chi connectivity index (χ1n) is 8.36. The number of hydrogen-bond acceptors (Lipinski definition) is 3. The van der Waals surface area contributed by atoms with Crippen LogP contribution in [0.5, 0.6) is 0 Å². The lowest BCUT2D eigenvalue weighted by molar-refractivity contribution is 0.0887. The summed E-state index contributed by atoms with van der Waals surface area (Å²) in [6, 6.07) is 1.67. The van der Waals surface area contributed by atoms with Gasteiger partial charge >= 0.3 is 0 Å². The van der Waals surface area contributed by atoms with Crippen molar-refractivity contribution >= 4 is 0 Å². The van der Waals surface area contributed by atoms with Crippen LogP contribution in [0.15, 0.2) is 0 Å². The minimum absolute atomic E-state index is 0.390. The zero-order valence-corrected chi connectivity index (χ0v) is 12.5. The molecule has 2 aliphatic carbocycles. The summed E-state index contributed by atoms with van der Waals surface area (Å²) in [5, 5.41) is 3.75. The first-order valence-corrected chi connectivity index (χ1v) is 8.36. The van der Waals surface area contributed by atoms with Gasteiger partial charge in [-0.25, -0.2) is 0 Å². The second-order valence-electron chi connectivity index (χ2n) is 6.96. The first-order chi connectivity index (χ1) is 9.31. The zero-order chi connectivity index (χ0) is 13.1. The van der Waals surface area contributed by atoms with Crippen LogP contribution in [0.2, 0.25) is 0 Å². The summed E-state index contributed by atoms with van der Waals surface area (Å²) < 4.78 is 5.75. The number of ether oxygens (including phenoxy) is 1. The molecule has 3 nitrogen and oxygen atoms in total. The molecular weight excluding hydrogens is 236 g/mol. The molecule has 1 unspecified atom stereocenters. The monoisotopic (exact) mass is 266 g/mol. The van der Waals surface area contributed by atoms with Gasteiger partial charge in [0.1, 0.15) is 0 Å². The number of nitrogens with one attached hydrogen (secondary N) is 1. The highest BCUT2D eigenvalue weighted by molar-refractivity contribution is 4.93. The van der Waals surface area contributed by atoms with Crippen LogP contribution in [0.3, 0.4) is 0 Å². The third-order valence-corrected chi connectivity index (χ3v) is 5.31. The second-order valence-corrected chi connectivity index (χ2v) is 6.96. The third-order valence-electron chi connectivity index (χ3n) is 5.31. The largest absolute Gasteiger partial charge is 0.381 e. The van der Waals surface area contributed by atoms with Gasteiger partial charge in [0, 0.05) is 37.2 Å². The van der Waals surface area contributed by atoms with Crippen molar-refractivity contribution < 1.29 is 4.74 Å². The molecule has 3 aliphatic rings. The van der Waals surface area contributed by atoms with E-state index in [4.69, 9.17) is 4.74 Å². The Kier molecular flexibility index (Phi) is 4.45. The fourth-order valence-electron chi connectivity index (χ4n) is 3.82. The van der Waals surface area contributed by atoms with E-state index in [0.717, 1.165) is 25.3 Å². The SMILES string of the molecule is CCN(CC1(CNC2CC2)CCOC1)C1CCCC1. The highest BCUT2D eigenvalue weighted by Crippen LogP contribution is 2.33. The van der Waals surface area contributed by atoms with E-state index in [0.29, 0.717) is 5.41 Å². The molecule has 1 saturated heterocycles. The van der Waals surface area contributed by atoms with Crippen molar-refractivity contribution in [2.75, 3.05) is 32.8 Å². The quantitative estimate of drug-likeness (QED) is 0.766. The number of nitrogens with zero attached hydrogens (tertiary/aromatic N) is 1. The molecule has 0 spiro atoms. The average Bonchev–Trinajstić information content (AvgIpc) is 2.93. The molecule has 3 fully saturated rings. The summed E-state index contributed by atoms with van der Waals surface area (Å²) in [7, 11) is 0. The fraction of sp³-hybridized carbons (Fsp3) is 1.00.